The summed E-state index contributed by atoms with van der Waals surface area (Å²) in [7, 11) is 0. The number of nitrogens with zero attached hydrogens (tertiary/aromatic N) is 1. The third kappa shape index (κ3) is 5.33. The highest BCUT2D eigenvalue weighted by atomic mass is 16.6. The van der Waals surface area contributed by atoms with E-state index in [2.05, 4.69) is 10.6 Å². The Hall–Kier alpha value is -3.23. The largest absolute Gasteiger partial charge is 0.460 e. The monoisotopic (exact) mass is 443 g/mol. The first kappa shape index (κ1) is 23.4. The molecule has 0 radical (unpaired) electrons. The number of unbranched alkanes of at least 4 members (excludes halogenated alkanes) is 2. The second kappa shape index (κ2) is 9.50. The molecule has 0 saturated carbocycles. The topological polar surface area (TPSA) is 122 Å². The van der Waals surface area contributed by atoms with Gasteiger partial charge in [-0.2, -0.15) is 0 Å². The summed E-state index contributed by atoms with van der Waals surface area (Å²) in [5.41, 5.74) is 0.534. The lowest BCUT2D eigenvalue weighted by atomic mass is 10.0. The maximum absolute atomic E-state index is 13.0. The van der Waals surface area contributed by atoms with E-state index >= 15 is 0 Å². The Labute approximate surface area is 186 Å². The molecule has 9 nitrogen and oxygen atoms in total. The molecule has 9 heteroatoms. The fourth-order valence-corrected chi connectivity index (χ4v) is 3.85. The Morgan fingerprint density at radius 1 is 1.12 bits per heavy atom. The van der Waals surface area contributed by atoms with Gasteiger partial charge >= 0.3 is 5.97 Å². The van der Waals surface area contributed by atoms with Crippen LogP contribution in [0.4, 0.5) is 5.69 Å². The predicted octanol–water partition coefficient (Wildman–Crippen LogP) is 2.40. The molecule has 1 aromatic carbocycles. The fourth-order valence-electron chi connectivity index (χ4n) is 3.85. The van der Waals surface area contributed by atoms with Gasteiger partial charge in [-0.15, -0.1) is 0 Å². The van der Waals surface area contributed by atoms with Crippen molar-refractivity contribution in [2.45, 2.75) is 70.9 Å². The number of hydrogen-bond donors (Lipinski definition) is 2. The third-order valence-electron chi connectivity index (χ3n) is 5.26. The first-order valence-electron chi connectivity index (χ1n) is 10.9. The summed E-state index contributed by atoms with van der Waals surface area (Å²) in [5, 5.41) is 5.38. The molecule has 0 bridgehead atoms. The maximum Gasteiger partial charge on any atom is 0.306 e. The van der Waals surface area contributed by atoms with Gasteiger partial charge in [-0.1, -0.05) is 12.5 Å². The quantitative estimate of drug-likeness (QED) is 0.359. The fraction of sp³-hybridized carbons (Fsp3) is 0.522. The van der Waals surface area contributed by atoms with E-state index in [1.165, 1.54) is 0 Å². The van der Waals surface area contributed by atoms with Crippen molar-refractivity contribution in [3.8, 4) is 0 Å². The van der Waals surface area contributed by atoms with Crippen LogP contribution >= 0.6 is 0 Å². The summed E-state index contributed by atoms with van der Waals surface area (Å²) in [6, 6.07) is 3.98. The van der Waals surface area contributed by atoms with E-state index in [1.54, 1.807) is 18.2 Å². The minimum atomic E-state index is -0.985. The molecule has 1 aromatic rings. The van der Waals surface area contributed by atoms with Crippen LogP contribution in [0.1, 0.15) is 80.0 Å². The normalized spacial score (nSPS) is 18.5. The summed E-state index contributed by atoms with van der Waals surface area (Å²) in [4.78, 5) is 62.2. The Morgan fingerprint density at radius 2 is 1.88 bits per heavy atom. The Kier molecular flexibility index (Phi) is 6.96. The van der Waals surface area contributed by atoms with Gasteiger partial charge in [0.05, 0.1) is 11.1 Å². The summed E-state index contributed by atoms with van der Waals surface area (Å²) >= 11 is 0. The van der Waals surface area contributed by atoms with Gasteiger partial charge in [-0.05, 0) is 52.2 Å². The Bertz CT molecular complexity index is 950. The number of carbonyl (C=O) groups excluding carboxylic acids is 5. The molecule has 2 heterocycles. The SMILES string of the molecule is CC(C)(C)OC(=O)CCCCCNc1cccc2c1C(=O)N(C1CCC(=O)NC1=O)C2=O. The molecule has 2 aliphatic heterocycles. The van der Waals surface area contributed by atoms with Crippen LogP contribution in [0.5, 0.6) is 0 Å². The number of benzene rings is 1. The van der Waals surface area contributed by atoms with E-state index in [-0.39, 0.29) is 29.9 Å². The smallest absolute Gasteiger partial charge is 0.306 e. The second-order valence-electron chi connectivity index (χ2n) is 9.00. The molecule has 0 aliphatic carbocycles. The first-order valence-corrected chi connectivity index (χ1v) is 10.9. The van der Waals surface area contributed by atoms with Crippen LogP contribution in [-0.2, 0) is 19.1 Å². The third-order valence-corrected chi connectivity index (χ3v) is 5.26. The molecule has 3 rings (SSSR count). The number of anilines is 1. The van der Waals surface area contributed by atoms with E-state index in [0.717, 1.165) is 17.7 Å². The second-order valence-corrected chi connectivity index (χ2v) is 9.00. The molecule has 2 aliphatic rings. The summed E-state index contributed by atoms with van der Waals surface area (Å²) < 4.78 is 5.28. The van der Waals surface area contributed by atoms with Crippen molar-refractivity contribution >= 4 is 35.3 Å². The van der Waals surface area contributed by atoms with Crippen LogP contribution in [0, 0.1) is 0 Å². The van der Waals surface area contributed by atoms with E-state index in [9.17, 15) is 24.0 Å². The first-order chi connectivity index (χ1) is 15.1. The van der Waals surface area contributed by atoms with Gasteiger partial charge in [0.25, 0.3) is 11.8 Å². The number of rotatable bonds is 8. The lowest BCUT2D eigenvalue weighted by Gasteiger charge is -2.27. The van der Waals surface area contributed by atoms with Crippen molar-refractivity contribution in [1.29, 1.82) is 0 Å². The van der Waals surface area contributed by atoms with Crippen molar-refractivity contribution in [2.24, 2.45) is 0 Å². The number of hydrogen-bond acceptors (Lipinski definition) is 7. The molecule has 172 valence electrons. The summed E-state index contributed by atoms with van der Waals surface area (Å²) in [6.07, 6.45) is 2.83. The number of carbonyl (C=O) groups is 5. The van der Waals surface area contributed by atoms with Crippen LogP contribution in [0.2, 0.25) is 0 Å². The Balaban J connectivity index is 1.55. The van der Waals surface area contributed by atoms with Crippen molar-refractivity contribution < 1.29 is 28.7 Å². The number of esters is 1. The van der Waals surface area contributed by atoms with Crippen LogP contribution in [0.3, 0.4) is 0 Å². The van der Waals surface area contributed by atoms with Crippen molar-refractivity contribution in [1.82, 2.24) is 10.2 Å². The highest BCUT2D eigenvalue weighted by Gasteiger charge is 2.45. The summed E-state index contributed by atoms with van der Waals surface area (Å²) in [6.45, 7) is 6.06. The van der Waals surface area contributed by atoms with Gasteiger partial charge in [0.1, 0.15) is 11.6 Å². The number of piperidine rings is 1. The molecule has 4 amide bonds. The number of imide groups is 2. The van der Waals surface area contributed by atoms with Gasteiger partial charge in [0.15, 0.2) is 0 Å². The highest BCUT2D eigenvalue weighted by molar-refractivity contribution is 6.25. The minimum Gasteiger partial charge on any atom is -0.460 e. The van der Waals surface area contributed by atoms with Crippen LogP contribution in [0.25, 0.3) is 0 Å². The lowest BCUT2D eigenvalue weighted by molar-refractivity contribution is -0.155. The average molecular weight is 444 g/mol. The van der Waals surface area contributed by atoms with Gasteiger partial charge in [-0.25, -0.2) is 0 Å². The van der Waals surface area contributed by atoms with E-state index < -0.39 is 35.3 Å². The summed E-state index contributed by atoms with van der Waals surface area (Å²) in [5.74, 6) is -2.32. The lowest BCUT2D eigenvalue weighted by Crippen LogP contribution is -2.54. The van der Waals surface area contributed by atoms with Gasteiger partial charge in [0, 0.05) is 25.1 Å². The van der Waals surface area contributed by atoms with Gasteiger partial charge in [0.2, 0.25) is 11.8 Å². The average Bonchev–Trinajstić information content (AvgIpc) is 2.95. The molecule has 1 fully saturated rings. The molecular formula is C23H29N3O6. The van der Waals surface area contributed by atoms with E-state index in [0.29, 0.717) is 25.1 Å². The zero-order valence-corrected chi connectivity index (χ0v) is 18.7. The number of ether oxygens (including phenoxy) is 1. The van der Waals surface area contributed by atoms with E-state index in [1.807, 2.05) is 20.8 Å². The maximum atomic E-state index is 13.0. The number of nitrogens with one attached hydrogen (secondary N) is 2. The van der Waals surface area contributed by atoms with Crippen molar-refractivity contribution in [2.75, 3.05) is 11.9 Å². The molecular weight excluding hydrogens is 414 g/mol. The molecule has 32 heavy (non-hydrogen) atoms. The van der Waals surface area contributed by atoms with E-state index in [4.69, 9.17) is 4.74 Å². The van der Waals surface area contributed by atoms with Crippen LogP contribution in [-0.4, -0.2) is 52.7 Å². The Morgan fingerprint density at radius 3 is 2.56 bits per heavy atom. The number of amides is 4. The molecule has 0 spiro atoms. The van der Waals surface area contributed by atoms with Crippen LogP contribution in [0.15, 0.2) is 18.2 Å². The molecule has 2 N–H and O–H groups in total. The standard InChI is InChI=1S/C23H29N3O6/c1-23(2,3)32-18(28)10-5-4-6-13-24-15-9-7-8-14-19(15)22(31)26(21(14)30)16-11-12-17(27)25-20(16)29/h7-9,16,24H,4-6,10-13H2,1-3H3,(H,25,27,29). The zero-order valence-electron chi connectivity index (χ0n) is 18.7. The number of fused-ring (bicyclic) bond motifs is 1. The predicted molar refractivity (Wildman–Crippen MR) is 116 cm³/mol. The van der Waals surface area contributed by atoms with Crippen molar-refractivity contribution in [3.63, 3.8) is 0 Å². The molecule has 1 saturated heterocycles. The van der Waals surface area contributed by atoms with Gasteiger partial charge < -0.3 is 10.1 Å². The minimum absolute atomic E-state index is 0.0816. The highest BCUT2D eigenvalue weighted by Crippen LogP contribution is 2.32. The van der Waals surface area contributed by atoms with Gasteiger partial charge in [-0.3, -0.25) is 34.2 Å². The van der Waals surface area contributed by atoms with Crippen LogP contribution < -0.4 is 10.6 Å². The molecule has 1 atom stereocenters. The zero-order chi connectivity index (χ0) is 23.5. The molecule has 0 aromatic heterocycles. The van der Waals surface area contributed by atoms with Crippen molar-refractivity contribution in [3.05, 3.63) is 29.3 Å². The molecule has 1 unspecified atom stereocenters.